The Bertz CT molecular complexity index is 1790. The Kier molecular flexibility index (Phi) is 6.70. The highest BCUT2D eigenvalue weighted by Crippen LogP contribution is 2.51. The van der Waals surface area contributed by atoms with Crippen molar-refractivity contribution in [3.63, 3.8) is 0 Å². The molecule has 2 atom stereocenters. The van der Waals surface area contributed by atoms with Crippen LogP contribution in [-0.4, -0.2) is 67.4 Å². The number of piperazine rings is 1. The van der Waals surface area contributed by atoms with Crippen LogP contribution in [0.25, 0.3) is 22.0 Å². The number of anilines is 2. The van der Waals surface area contributed by atoms with Gasteiger partial charge in [-0.3, -0.25) is 0 Å². The molecular weight excluding hydrogens is 605 g/mol. The van der Waals surface area contributed by atoms with Crippen molar-refractivity contribution in [1.29, 1.82) is 5.26 Å². The van der Waals surface area contributed by atoms with Crippen molar-refractivity contribution in [2.24, 2.45) is 0 Å². The van der Waals surface area contributed by atoms with E-state index < -0.39 is 51.8 Å². The predicted octanol–water partition coefficient (Wildman–Crippen LogP) is 4.77. The highest BCUT2D eigenvalue weighted by atomic mass is 35.5. The molecule has 6 rings (SSSR count). The third-order valence-corrected chi connectivity index (χ3v) is 7.88. The number of halogens is 6. The topological polar surface area (TPSA) is 139 Å². The van der Waals surface area contributed by atoms with Crippen LogP contribution >= 0.6 is 23.2 Å². The normalized spacial score (nSPS) is 18.6. The summed E-state index contributed by atoms with van der Waals surface area (Å²) in [6.45, 7) is 0.0810. The molecule has 42 heavy (non-hydrogen) atoms. The number of nitrogen functional groups attached to an aromatic ring is 1. The summed E-state index contributed by atoms with van der Waals surface area (Å²) in [6.07, 6.45) is -2.53. The number of hydrogen-bond donors (Lipinski definition) is 1. The zero-order valence-corrected chi connectivity index (χ0v) is 22.6. The molecule has 2 aliphatic rings. The molecule has 1 saturated heterocycles. The van der Waals surface area contributed by atoms with E-state index in [1.807, 2.05) is 0 Å². The Morgan fingerprint density at radius 2 is 1.98 bits per heavy atom. The molecule has 0 saturated carbocycles. The average Bonchev–Trinajstić information content (AvgIpc) is 3.38. The van der Waals surface area contributed by atoms with Crippen molar-refractivity contribution in [2.75, 3.05) is 30.3 Å². The number of nitrogens with zero attached hydrogens (tertiary/aromatic N) is 8. The first-order chi connectivity index (χ1) is 20.0. The number of nitriles is 1. The first kappa shape index (κ1) is 27.7. The molecule has 11 nitrogen and oxygen atoms in total. The lowest BCUT2D eigenvalue weighted by molar-refractivity contribution is -0.137. The van der Waals surface area contributed by atoms with Crippen LogP contribution in [0.3, 0.4) is 0 Å². The zero-order valence-electron chi connectivity index (χ0n) is 21.1. The van der Waals surface area contributed by atoms with Crippen molar-refractivity contribution >= 4 is 51.6 Å². The van der Waals surface area contributed by atoms with Gasteiger partial charge in [-0.15, -0.1) is 10.2 Å². The van der Waals surface area contributed by atoms with Crippen LogP contribution in [0, 0.1) is 17.1 Å². The summed E-state index contributed by atoms with van der Waals surface area (Å²) in [6, 6.07) is 2.91. The second kappa shape index (κ2) is 10.1. The summed E-state index contributed by atoms with van der Waals surface area (Å²) >= 11 is 12.6. The number of hydrogen-bond acceptors (Lipinski definition) is 9. The zero-order chi connectivity index (χ0) is 29.9. The molecular formula is C25H17Cl2F4N9O2. The summed E-state index contributed by atoms with van der Waals surface area (Å²) < 4.78 is 65.1. The summed E-state index contributed by atoms with van der Waals surface area (Å²) in [5.74, 6) is -1.14. The van der Waals surface area contributed by atoms with Crippen LogP contribution in [0.15, 0.2) is 30.9 Å². The minimum Gasteiger partial charge on any atom is -0.491 e. The number of nitrogens with two attached hydrogens (primary N) is 1. The summed E-state index contributed by atoms with van der Waals surface area (Å²) in [5, 5.41) is 16.7. The van der Waals surface area contributed by atoms with Gasteiger partial charge in [-0.05, 0) is 23.7 Å². The number of amides is 1. The Balaban J connectivity index is 1.52. The fourth-order valence-electron chi connectivity index (χ4n) is 5.46. The second-order valence-corrected chi connectivity index (χ2v) is 10.2. The Hall–Kier alpha value is -4.42. The maximum absolute atomic E-state index is 16.2. The van der Waals surface area contributed by atoms with E-state index in [0.29, 0.717) is 0 Å². The minimum absolute atomic E-state index is 0.00910. The van der Waals surface area contributed by atoms with E-state index in [9.17, 15) is 23.2 Å². The minimum atomic E-state index is -4.87. The van der Waals surface area contributed by atoms with Gasteiger partial charge in [0.2, 0.25) is 5.28 Å². The molecule has 1 amide bonds. The largest absolute Gasteiger partial charge is 0.491 e. The van der Waals surface area contributed by atoms with Gasteiger partial charge in [0, 0.05) is 36.3 Å². The fraction of sp³-hybridized carbons (Fsp3) is 0.280. The Morgan fingerprint density at radius 3 is 2.67 bits per heavy atom. The summed E-state index contributed by atoms with van der Waals surface area (Å²) in [7, 11) is 0. The van der Waals surface area contributed by atoms with Gasteiger partial charge in [-0.25, -0.2) is 23.7 Å². The lowest BCUT2D eigenvalue weighted by Crippen LogP contribution is -2.62. The summed E-state index contributed by atoms with van der Waals surface area (Å²) in [4.78, 5) is 24.6. The maximum Gasteiger partial charge on any atom is 0.417 e. The van der Waals surface area contributed by atoms with Crippen LogP contribution in [0.2, 0.25) is 10.3 Å². The van der Waals surface area contributed by atoms with Crippen LogP contribution < -0.4 is 15.4 Å². The smallest absolute Gasteiger partial charge is 0.417 e. The first-order valence-electron chi connectivity index (χ1n) is 12.3. The Labute approximate surface area is 244 Å². The van der Waals surface area contributed by atoms with E-state index in [4.69, 9.17) is 33.7 Å². The maximum atomic E-state index is 16.2. The van der Waals surface area contributed by atoms with Crippen LogP contribution in [-0.2, 0) is 6.18 Å². The highest BCUT2D eigenvalue weighted by Gasteiger charge is 2.43. The molecule has 17 heteroatoms. The molecule has 2 aromatic carbocycles. The molecule has 0 aliphatic carbocycles. The van der Waals surface area contributed by atoms with Gasteiger partial charge in [0.05, 0.1) is 34.7 Å². The number of benzene rings is 2. The van der Waals surface area contributed by atoms with Crippen molar-refractivity contribution in [2.45, 2.75) is 24.7 Å². The van der Waals surface area contributed by atoms with Gasteiger partial charge in [-0.1, -0.05) is 17.7 Å². The van der Waals surface area contributed by atoms with Gasteiger partial charge in [0.1, 0.15) is 30.0 Å². The standard InChI is InChI=1S/C25H17Cl2F4N9O2/c26-18-16(15-11(25(29,30)31)2-1-3-12(15)33)19(28)20-17-21(18)42-7-4-13-14(8-32)39(24(41)40-10-36-37-23(40)27)6-5-38(13)22(17)35-9-34-20/h1-3,9-10,13-14H,4-7,33H2/t13-,14?/m0/s1. The van der Waals surface area contributed by atoms with Crippen LogP contribution in [0.1, 0.15) is 12.0 Å². The second-order valence-electron chi connectivity index (χ2n) is 9.44. The number of rotatable bonds is 1. The fourth-order valence-corrected chi connectivity index (χ4v) is 5.95. The molecule has 4 heterocycles. The third-order valence-electron chi connectivity index (χ3n) is 7.26. The van der Waals surface area contributed by atoms with Gasteiger partial charge in [-0.2, -0.15) is 18.4 Å². The van der Waals surface area contributed by atoms with Gasteiger partial charge in [0.25, 0.3) is 0 Å². The molecule has 4 aromatic rings. The van der Waals surface area contributed by atoms with E-state index in [1.54, 1.807) is 4.90 Å². The first-order valence-corrected chi connectivity index (χ1v) is 13.1. The van der Waals surface area contributed by atoms with Crippen molar-refractivity contribution in [1.82, 2.24) is 29.6 Å². The quantitative estimate of drug-likeness (QED) is 0.235. The predicted molar refractivity (Wildman–Crippen MR) is 143 cm³/mol. The van der Waals surface area contributed by atoms with Crippen molar-refractivity contribution in [3.05, 3.63) is 52.5 Å². The van der Waals surface area contributed by atoms with Crippen LogP contribution in [0.5, 0.6) is 5.75 Å². The molecule has 0 radical (unpaired) electrons. The van der Waals surface area contributed by atoms with Gasteiger partial charge in [0.15, 0.2) is 11.6 Å². The number of carbonyl (C=O) groups is 1. The van der Waals surface area contributed by atoms with E-state index in [0.717, 1.165) is 29.4 Å². The Morgan fingerprint density at radius 1 is 1.19 bits per heavy atom. The highest BCUT2D eigenvalue weighted by molar-refractivity contribution is 6.37. The molecule has 0 spiro atoms. The molecule has 2 N–H and O–H groups in total. The third kappa shape index (κ3) is 4.21. The molecule has 1 fully saturated rings. The number of ether oxygens (including phenoxy) is 1. The molecule has 2 aromatic heterocycles. The SMILES string of the molecule is N#CC1[C@@H]2CCOc3c(Cl)c(-c4c(N)cccc4C(F)(F)F)c(F)c4ncnc(c34)N2CCN1C(=O)n1cnnc1Cl. The number of carbonyl (C=O) groups excluding carboxylic acids is 1. The number of alkyl halides is 3. The van der Waals surface area contributed by atoms with E-state index in [1.165, 1.54) is 11.0 Å². The lowest BCUT2D eigenvalue weighted by Gasteiger charge is -2.46. The molecule has 1 unspecified atom stereocenters. The number of aromatic nitrogens is 5. The lowest BCUT2D eigenvalue weighted by atomic mass is 9.94. The molecule has 0 bridgehead atoms. The van der Waals surface area contributed by atoms with E-state index in [-0.39, 0.29) is 59.6 Å². The monoisotopic (exact) mass is 621 g/mol. The summed E-state index contributed by atoms with van der Waals surface area (Å²) in [5.41, 5.74) is 2.81. The van der Waals surface area contributed by atoms with Crippen molar-refractivity contribution in [3.8, 4) is 22.9 Å². The van der Waals surface area contributed by atoms with Crippen LogP contribution in [0.4, 0.5) is 33.9 Å². The van der Waals surface area contributed by atoms with Gasteiger partial charge < -0.3 is 20.3 Å². The van der Waals surface area contributed by atoms with Gasteiger partial charge >= 0.3 is 12.2 Å². The molecule has 216 valence electrons. The van der Waals surface area contributed by atoms with Crippen molar-refractivity contribution < 1.29 is 27.1 Å². The van der Waals surface area contributed by atoms with E-state index in [2.05, 4.69) is 26.2 Å². The molecule has 2 aliphatic heterocycles. The number of fused-ring (bicyclic) bond motifs is 2. The van der Waals surface area contributed by atoms with E-state index >= 15 is 4.39 Å². The average molecular weight is 622 g/mol.